The molecule has 0 aliphatic carbocycles. The van der Waals surface area contributed by atoms with Gasteiger partial charge in [-0.25, -0.2) is 13.6 Å². The summed E-state index contributed by atoms with van der Waals surface area (Å²) in [5.74, 6) is -1.35. The number of carbonyl (C=O) groups is 1. The normalized spacial score (nSPS) is 10.2. The van der Waals surface area contributed by atoms with E-state index in [1.807, 2.05) is 6.07 Å². The number of nitrogens with two attached hydrogens (primary N) is 1. The third-order valence-corrected chi connectivity index (χ3v) is 2.88. The van der Waals surface area contributed by atoms with Crippen LogP contribution in [0.1, 0.15) is 11.1 Å². The number of amides is 2. The van der Waals surface area contributed by atoms with Crippen LogP contribution in [-0.4, -0.2) is 6.03 Å². The summed E-state index contributed by atoms with van der Waals surface area (Å²) in [5, 5.41) is 5.12. The van der Waals surface area contributed by atoms with Crippen molar-refractivity contribution in [3.05, 3.63) is 65.2 Å². The second kappa shape index (κ2) is 6.81. The molecule has 4 N–H and O–H groups in total. The van der Waals surface area contributed by atoms with Gasteiger partial charge in [-0.05, 0) is 23.8 Å². The zero-order valence-electron chi connectivity index (χ0n) is 11.2. The van der Waals surface area contributed by atoms with E-state index in [4.69, 9.17) is 5.73 Å². The van der Waals surface area contributed by atoms with E-state index in [1.54, 1.807) is 18.2 Å². The Kier molecular flexibility index (Phi) is 4.84. The van der Waals surface area contributed by atoms with Crippen molar-refractivity contribution in [2.75, 3.05) is 5.32 Å². The molecule has 2 aromatic carbocycles. The van der Waals surface area contributed by atoms with Gasteiger partial charge in [-0.2, -0.15) is 0 Å². The lowest BCUT2D eigenvalue weighted by atomic mass is 10.2. The molecule has 0 aliphatic rings. The average Bonchev–Trinajstić information content (AvgIpc) is 2.46. The third-order valence-electron chi connectivity index (χ3n) is 2.88. The lowest BCUT2D eigenvalue weighted by Crippen LogP contribution is -2.28. The van der Waals surface area contributed by atoms with E-state index < -0.39 is 17.7 Å². The van der Waals surface area contributed by atoms with Crippen LogP contribution in [0.2, 0.25) is 0 Å². The Labute approximate surface area is 121 Å². The highest BCUT2D eigenvalue weighted by atomic mass is 19.1. The van der Waals surface area contributed by atoms with E-state index in [-0.39, 0.29) is 12.1 Å². The zero-order valence-corrected chi connectivity index (χ0v) is 11.2. The van der Waals surface area contributed by atoms with E-state index in [2.05, 4.69) is 10.6 Å². The SMILES string of the molecule is NCc1cccc(NC(=O)NCc2ccc(F)cc2F)c1. The van der Waals surface area contributed by atoms with E-state index >= 15 is 0 Å². The van der Waals surface area contributed by atoms with Gasteiger partial charge in [-0.15, -0.1) is 0 Å². The highest BCUT2D eigenvalue weighted by molar-refractivity contribution is 5.89. The van der Waals surface area contributed by atoms with E-state index in [0.29, 0.717) is 12.2 Å². The number of rotatable bonds is 4. The molecule has 110 valence electrons. The molecule has 2 amide bonds. The first-order valence-corrected chi connectivity index (χ1v) is 6.36. The number of nitrogens with one attached hydrogen (secondary N) is 2. The summed E-state index contributed by atoms with van der Waals surface area (Å²) in [7, 11) is 0. The van der Waals surface area contributed by atoms with Crippen molar-refractivity contribution in [2.45, 2.75) is 13.1 Å². The van der Waals surface area contributed by atoms with Gasteiger partial charge in [0.1, 0.15) is 11.6 Å². The maximum Gasteiger partial charge on any atom is 0.319 e. The number of urea groups is 1. The van der Waals surface area contributed by atoms with Crippen molar-refractivity contribution in [1.82, 2.24) is 5.32 Å². The average molecular weight is 291 g/mol. The fourth-order valence-electron chi connectivity index (χ4n) is 1.79. The van der Waals surface area contributed by atoms with Crippen LogP contribution in [-0.2, 0) is 13.1 Å². The van der Waals surface area contributed by atoms with Crippen molar-refractivity contribution in [1.29, 1.82) is 0 Å². The molecule has 0 fully saturated rings. The summed E-state index contributed by atoms with van der Waals surface area (Å²) < 4.78 is 26.2. The minimum Gasteiger partial charge on any atom is -0.334 e. The highest BCUT2D eigenvalue weighted by Crippen LogP contribution is 2.11. The van der Waals surface area contributed by atoms with Crippen molar-refractivity contribution < 1.29 is 13.6 Å². The van der Waals surface area contributed by atoms with Crippen LogP contribution in [0.3, 0.4) is 0 Å². The highest BCUT2D eigenvalue weighted by Gasteiger charge is 2.06. The summed E-state index contributed by atoms with van der Waals surface area (Å²) in [4.78, 5) is 11.7. The molecule has 0 atom stereocenters. The number of halogens is 2. The van der Waals surface area contributed by atoms with Crippen LogP contribution < -0.4 is 16.4 Å². The Morgan fingerprint density at radius 2 is 1.95 bits per heavy atom. The quantitative estimate of drug-likeness (QED) is 0.811. The number of benzene rings is 2. The fraction of sp³-hybridized carbons (Fsp3) is 0.133. The summed E-state index contributed by atoms with van der Waals surface area (Å²) in [5.41, 5.74) is 7.20. The number of carbonyl (C=O) groups excluding carboxylic acids is 1. The molecule has 0 aromatic heterocycles. The predicted octanol–water partition coefficient (Wildman–Crippen LogP) is 2.75. The van der Waals surface area contributed by atoms with Gasteiger partial charge >= 0.3 is 6.03 Å². The Morgan fingerprint density at radius 3 is 2.67 bits per heavy atom. The molecule has 2 aromatic rings. The molecule has 0 saturated carbocycles. The Hall–Kier alpha value is -2.47. The largest absolute Gasteiger partial charge is 0.334 e. The maximum absolute atomic E-state index is 13.4. The maximum atomic E-state index is 13.4. The van der Waals surface area contributed by atoms with Crippen LogP contribution in [0.25, 0.3) is 0 Å². The van der Waals surface area contributed by atoms with Crippen LogP contribution in [0.5, 0.6) is 0 Å². The van der Waals surface area contributed by atoms with Gasteiger partial charge in [0, 0.05) is 30.4 Å². The Bertz CT molecular complexity index is 647. The van der Waals surface area contributed by atoms with Crippen molar-refractivity contribution in [3.63, 3.8) is 0 Å². The lowest BCUT2D eigenvalue weighted by molar-refractivity contribution is 0.251. The van der Waals surface area contributed by atoms with Crippen LogP contribution in [0.4, 0.5) is 19.3 Å². The van der Waals surface area contributed by atoms with Crippen molar-refractivity contribution in [3.8, 4) is 0 Å². The molecule has 0 saturated heterocycles. The third kappa shape index (κ3) is 4.25. The summed E-state index contributed by atoms with van der Waals surface area (Å²) in [6, 6.07) is 9.82. The minimum absolute atomic E-state index is 0.0332. The Balaban J connectivity index is 1.92. The van der Waals surface area contributed by atoms with Gasteiger partial charge in [0.25, 0.3) is 0 Å². The molecule has 0 spiro atoms. The van der Waals surface area contributed by atoms with Crippen molar-refractivity contribution in [2.24, 2.45) is 5.73 Å². The standard InChI is InChI=1S/C15H15F2N3O/c16-12-5-4-11(14(17)7-12)9-19-15(21)20-13-3-1-2-10(6-13)8-18/h1-7H,8-9,18H2,(H2,19,20,21). The first-order chi connectivity index (χ1) is 10.1. The molecule has 0 aliphatic heterocycles. The van der Waals surface area contributed by atoms with Gasteiger partial charge in [-0.1, -0.05) is 18.2 Å². The molecule has 0 bridgehead atoms. The van der Waals surface area contributed by atoms with E-state index in [0.717, 1.165) is 17.7 Å². The van der Waals surface area contributed by atoms with Gasteiger partial charge < -0.3 is 16.4 Å². The minimum atomic E-state index is -0.694. The van der Waals surface area contributed by atoms with Crippen LogP contribution >= 0.6 is 0 Å². The molecule has 6 heteroatoms. The van der Waals surface area contributed by atoms with Crippen molar-refractivity contribution >= 4 is 11.7 Å². The molecule has 0 heterocycles. The first-order valence-electron chi connectivity index (χ1n) is 6.36. The fourth-order valence-corrected chi connectivity index (χ4v) is 1.79. The van der Waals surface area contributed by atoms with Crippen LogP contribution in [0.15, 0.2) is 42.5 Å². The van der Waals surface area contributed by atoms with E-state index in [1.165, 1.54) is 6.07 Å². The number of hydrogen-bond donors (Lipinski definition) is 3. The molecular weight excluding hydrogens is 276 g/mol. The number of hydrogen-bond acceptors (Lipinski definition) is 2. The zero-order chi connectivity index (χ0) is 15.2. The predicted molar refractivity (Wildman–Crippen MR) is 76.5 cm³/mol. The topological polar surface area (TPSA) is 67.1 Å². The monoisotopic (exact) mass is 291 g/mol. The molecule has 0 unspecified atom stereocenters. The lowest BCUT2D eigenvalue weighted by Gasteiger charge is -2.09. The molecule has 0 radical (unpaired) electrons. The van der Waals surface area contributed by atoms with E-state index in [9.17, 15) is 13.6 Å². The number of anilines is 1. The smallest absolute Gasteiger partial charge is 0.319 e. The van der Waals surface area contributed by atoms with Crippen LogP contribution in [0, 0.1) is 11.6 Å². The molecule has 2 rings (SSSR count). The van der Waals surface area contributed by atoms with Gasteiger partial charge in [0.15, 0.2) is 0 Å². The van der Waals surface area contributed by atoms with Gasteiger partial charge in [0.05, 0.1) is 0 Å². The summed E-state index contributed by atoms with van der Waals surface area (Å²) in [6.45, 7) is 0.340. The first kappa shape index (κ1) is 14.9. The second-order valence-electron chi connectivity index (χ2n) is 4.45. The second-order valence-corrected chi connectivity index (χ2v) is 4.45. The molecule has 21 heavy (non-hydrogen) atoms. The Morgan fingerprint density at radius 1 is 1.14 bits per heavy atom. The van der Waals surface area contributed by atoms with Gasteiger partial charge in [0.2, 0.25) is 0 Å². The molecular formula is C15H15F2N3O. The summed E-state index contributed by atoms with van der Waals surface area (Å²) >= 11 is 0. The van der Waals surface area contributed by atoms with Gasteiger partial charge in [-0.3, -0.25) is 0 Å². The molecule has 4 nitrogen and oxygen atoms in total. The summed E-state index contributed by atoms with van der Waals surface area (Å²) in [6.07, 6.45) is 0.